The van der Waals surface area contributed by atoms with Gasteiger partial charge in [-0.2, -0.15) is 0 Å². The smallest absolute Gasteiger partial charge is 0.0442 e. The summed E-state index contributed by atoms with van der Waals surface area (Å²) >= 11 is 3.77. The van der Waals surface area contributed by atoms with Gasteiger partial charge in [0.2, 0.25) is 0 Å². The fourth-order valence-electron chi connectivity index (χ4n) is 7.52. The van der Waals surface area contributed by atoms with Crippen molar-refractivity contribution in [3.8, 4) is 33.4 Å². The molecule has 0 saturated carbocycles. The van der Waals surface area contributed by atoms with Gasteiger partial charge in [0, 0.05) is 35.8 Å². The number of rotatable bonds is 3. The Morgan fingerprint density at radius 2 is 1.00 bits per heavy atom. The summed E-state index contributed by atoms with van der Waals surface area (Å²) in [6.45, 7) is 0. The maximum Gasteiger partial charge on any atom is 0.0442 e. The Kier molecular flexibility index (Phi) is 5.72. The maximum absolute atomic E-state index is 2.46. The van der Waals surface area contributed by atoms with Gasteiger partial charge in [0.05, 0.1) is 0 Å². The molecule has 8 aromatic carbocycles. The molecule has 0 bridgehead atoms. The van der Waals surface area contributed by atoms with Crippen molar-refractivity contribution in [2.75, 3.05) is 0 Å². The average molecular weight is 619 g/mol. The molecule has 2 aromatic heterocycles. The number of benzene rings is 8. The van der Waals surface area contributed by atoms with Gasteiger partial charge in [-0.05, 0) is 83.7 Å². The van der Waals surface area contributed by atoms with Crippen molar-refractivity contribution < 1.29 is 0 Å². The predicted octanol–water partition coefficient (Wildman–Crippen LogP) is 13.7. The predicted molar refractivity (Wildman–Crippen MR) is 204 cm³/mol. The third kappa shape index (κ3) is 3.78. The van der Waals surface area contributed by atoms with Crippen LogP contribution < -0.4 is 0 Å². The number of thiophene rings is 2. The molecule has 2 heterocycles. The molecule has 0 aliphatic rings. The zero-order valence-electron chi connectivity index (χ0n) is 24.8. The van der Waals surface area contributed by atoms with Crippen molar-refractivity contribution >= 4 is 85.2 Å². The molecule has 0 saturated heterocycles. The van der Waals surface area contributed by atoms with Crippen LogP contribution in [-0.4, -0.2) is 0 Å². The zero-order chi connectivity index (χ0) is 30.2. The summed E-state index contributed by atoms with van der Waals surface area (Å²) in [4.78, 5) is 0. The summed E-state index contributed by atoms with van der Waals surface area (Å²) in [6.07, 6.45) is 0. The van der Waals surface area contributed by atoms with Crippen molar-refractivity contribution in [2.24, 2.45) is 0 Å². The number of hydrogen-bond acceptors (Lipinski definition) is 2. The summed E-state index contributed by atoms with van der Waals surface area (Å²) in [6, 6.07) is 56.0. The van der Waals surface area contributed by atoms with Crippen LogP contribution in [0.3, 0.4) is 0 Å². The van der Waals surface area contributed by atoms with Crippen LogP contribution in [0.4, 0.5) is 0 Å². The van der Waals surface area contributed by atoms with E-state index >= 15 is 0 Å². The van der Waals surface area contributed by atoms with E-state index in [1.54, 1.807) is 0 Å². The molecule has 0 amide bonds. The first kappa shape index (κ1) is 26.0. The highest BCUT2D eigenvalue weighted by atomic mass is 32.1. The summed E-state index contributed by atoms with van der Waals surface area (Å²) in [5, 5.41) is 14.1. The van der Waals surface area contributed by atoms with Gasteiger partial charge in [-0.1, -0.05) is 133 Å². The van der Waals surface area contributed by atoms with Gasteiger partial charge in [-0.15, -0.1) is 22.7 Å². The van der Waals surface area contributed by atoms with E-state index in [0.29, 0.717) is 0 Å². The molecule has 0 aliphatic carbocycles. The van der Waals surface area contributed by atoms with E-state index in [0.717, 1.165) is 0 Å². The summed E-state index contributed by atoms with van der Waals surface area (Å²) in [5.41, 5.74) is 7.76. The Morgan fingerprint density at radius 1 is 0.370 bits per heavy atom. The summed E-state index contributed by atoms with van der Waals surface area (Å²) < 4.78 is 4.06. The average Bonchev–Trinajstić information content (AvgIpc) is 3.72. The Labute approximate surface area is 274 Å². The minimum Gasteiger partial charge on any atom is -0.142 e. The van der Waals surface area contributed by atoms with E-state index in [1.807, 2.05) is 22.7 Å². The monoisotopic (exact) mass is 618 g/mol. The van der Waals surface area contributed by atoms with Crippen molar-refractivity contribution in [2.45, 2.75) is 0 Å². The maximum atomic E-state index is 2.46. The second-order valence-corrected chi connectivity index (χ2v) is 14.0. The van der Waals surface area contributed by atoms with E-state index in [2.05, 4.69) is 157 Å². The van der Waals surface area contributed by atoms with Gasteiger partial charge >= 0.3 is 0 Å². The van der Waals surface area contributed by atoms with E-state index in [-0.39, 0.29) is 0 Å². The molecule has 0 nitrogen and oxygen atoms in total. The molecular formula is C44H26S2. The molecule has 46 heavy (non-hydrogen) atoms. The topological polar surface area (TPSA) is 0 Å². The van der Waals surface area contributed by atoms with E-state index in [9.17, 15) is 0 Å². The van der Waals surface area contributed by atoms with Crippen LogP contribution in [0.2, 0.25) is 0 Å². The molecule has 0 spiro atoms. The van der Waals surface area contributed by atoms with Gasteiger partial charge in [0.1, 0.15) is 0 Å². The second kappa shape index (κ2) is 10.1. The summed E-state index contributed by atoms with van der Waals surface area (Å²) in [5.74, 6) is 0. The summed E-state index contributed by atoms with van der Waals surface area (Å²) in [7, 11) is 0. The Bertz CT molecular complexity index is 2740. The normalized spacial score (nSPS) is 11.9. The van der Waals surface area contributed by atoms with Crippen molar-refractivity contribution in [1.29, 1.82) is 0 Å². The van der Waals surface area contributed by atoms with Crippen LogP contribution in [0.5, 0.6) is 0 Å². The van der Waals surface area contributed by atoms with Gasteiger partial charge in [-0.25, -0.2) is 0 Å². The Balaban J connectivity index is 1.28. The highest BCUT2D eigenvalue weighted by Gasteiger charge is 2.19. The van der Waals surface area contributed by atoms with E-state index in [1.165, 1.54) is 96.0 Å². The fraction of sp³-hybridized carbons (Fsp3) is 0. The first-order chi connectivity index (χ1) is 22.8. The molecule has 0 fully saturated rings. The van der Waals surface area contributed by atoms with Crippen LogP contribution in [0.1, 0.15) is 0 Å². The largest absolute Gasteiger partial charge is 0.142 e. The van der Waals surface area contributed by atoms with Gasteiger partial charge in [0.15, 0.2) is 0 Å². The number of hydrogen-bond donors (Lipinski definition) is 0. The van der Waals surface area contributed by atoms with Crippen LogP contribution in [0.15, 0.2) is 157 Å². The minimum absolute atomic E-state index is 1.26. The lowest BCUT2D eigenvalue weighted by Gasteiger charge is -2.19. The van der Waals surface area contributed by atoms with Crippen LogP contribution in [0.25, 0.3) is 96.0 Å². The van der Waals surface area contributed by atoms with Gasteiger partial charge in [0.25, 0.3) is 0 Å². The molecule has 2 heteroatoms. The van der Waals surface area contributed by atoms with Gasteiger partial charge in [-0.3, -0.25) is 0 Å². The third-order valence-electron chi connectivity index (χ3n) is 9.54. The van der Waals surface area contributed by atoms with Crippen LogP contribution in [-0.2, 0) is 0 Å². The van der Waals surface area contributed by atoms with Gasteiger partial charge < -0.3 is 0 Å². The lowest BCUT2D eigenvalue weighted by atomic mass is 9.84. The molecule has 0 atom stereocenters. The SMILES string of the molecule is c1ccc(-c2csc3c2ccc2sc4ccc(-c5c6ccccc6c(-c6cccc7ccccc67)c6ccccc56)cc4c23)cc1. The zero-order valence-corrected chi connectivity index (χ0v) is 26.5. The molecule has 0 radical (unpaired) electrons. The van der Waals surface area contributed by atoms with Crippen LogP contribution in [0, 0.1) is 0 Å². The highest BCUT2D eigenvalue weighted by molar-refractivity contribution is 7.27. The minimum atomic E-state index is 1.26. The number of fused-ring (bicyclic) bond motifs is 8. The van der Waals surface area contributed by atoms with E-state index < -0.39 is 0 Å². The lowest BCUT2D eigenvalue weighted by molar-refractivity contribution is 1.69. The fourth-order valence-corrected chi connectivity index (χ4v) is 9.82. The molecule has 0 unspecified atom stereocenters. The quantitative estimate of drug-likeness (QED) is 0.173. The molecule has 10 aromatic rings. The van der Waals surface area contributed by atoms with Crippen LogP contribution >= 0.6 is 22.7 Å². The lowest BCUT2D eigenvalue weighted by Crippen LogP contribution is -1.91. The Morgan fingerprint density at radius 3 is 1.76 bits per heavy atom. The third-order valence-corrected chi connectivity index (χ3v) is 11.7. The van der Waals surface area contributed by atoms with Crippen molar-refractivity contribution in [3.63, 3.8) is 0 Å². The first-order valence-electron chi connectivity index (χ1n) is 15.7. The molecule has 0 N–H and O–H groups in total. The second-order valence-electron chi connectivity index (χ2n) is 12.0. The van der Waals surface area contributed by atoms with Crippen molar-refractivity contribution in [1.82, 2.24) is 0 Å². The van der Waals surface area contributed by atoms with Crippen molar-refractivity contribution in [3.05, 3.63) is 157 Å². The standard InChI is InChI=1S/C44H26S2/c1-2-11-28(12-3-1)38-26-45-44-36(38)22-24-40-43(44)37-25-29(21-23-39(37)46-40)41-32-16-6-8-18-34(32)42(35-19-9-7-17-33(35)41)31-20-10-14-27-13-4-5-15-30(27)31/h1-26H. The molecular weight excluding hydrogens is 593 g/mol. The van der Waals surface area contributed by atoms with E-state index in [4.69, 9.17) is 0 Å². The first-order valence-corrected chi connectivity index (χ1v) is 17.4. The Hall–Kier alpha value is -5.28. The molecule has 10 rings (SSSR count). The molecule has 214 valence electrons. The molecule has 0 aliphatic heterocycles. The highest BCUT2D eigenvalue weighted by Crippen LogP contribution is 2.48.